The predicted octanol–water partition coefficient (Wildman–Crippen LogP) is 15.0. The third-order valence-corrected chi connectivity index (χ3v) is 17.0. The number of carbonyl (C=O) groups is 9. The van der Waals surface area contributed by atoms with Gasteiger partial charge in [-0.2, -0.15) is 0 Å². The van der Waals surface area contributed by atoms with Gasteiger partial charge in [0.2, 0.25) is 9.23 Å². The molecule has 0 saturated carbocycles. The van der Waals surface area contributed by atoms with Crippen LogP contribution in [-0.2, 0) is 67.0 Å². The molecule has 9 rings (SSSR count). The van der Waals surface area contributed by atoms with E-state index < -0.39 is 40.1 Å². The summed E-state index contributed by atoms with van der Waals surface area (Å²) < 4.78 is 70.5. The van der Waals surface area contributed by atoms with E-state index in [9.17, 15) is 60.0 Å². The van der Waals surface area contributed by atoms with Crippen LogP contribution in [0, 0.1) is 0 Å². The minimum atomic E-state index is -3.33. The molecule has 4 aromatic heterocycles. The number of anilines is 4. The van der Waals surface area contributed by atoms with Crippen LogP contribution in [0.5, 0.6) is 0 Å². The van der Waals surface area contributed by atoms with Gasteiger partial charge in [0.15, 0.2) is 50.3 Å². The van der Waals surface area contributed by atoms with Crippen LogP contribution in [0.3, 0.4) is 0 Å². The number of sulfone groups is 2. The molecular formula is C66H81Cl5N8O20S9. The number of carboxylic acids is 1. The molecule has 0 aliphatic heterocycles. The zero-order chi connectivity index (χ0) is 82.5. The summed E-state index contributed by atoms with van der Waals surface area (Å²) in [6.07, 6.45) is 6.09. The van der Waals surface area contributed by atoms with E-state index in [0.717, 1.165) is 52.3 Å². The molecule has 42 heteroatoms. The van der Waals surface area contributed by atoms with Gasteiger partial charge in [-0.05, 0) is 72.6 Å². The zero-order valence-electron chi connectivity index (χ0n) is 59.1. The molecule has 0 aliphatic carbocycles. The number of carboxylic acid groups (broad SMARTS) is 1. The Bertz CT molecular complexity index is 4030. The van der Waals surface area contributed by atoms with E-state index in [1.807, 2.05) is 59.7 Å². The number of hydrogen-bond acceptors (Lipinski definition) is 30. The second-order valence-electron chi connectivity index (χ2n) is 17.8. The van der Waals surface area contributed by atoms with Gasteiger partial charge in [-0.25, -0.2) is 45.8 Å². The number of carbonyl (C=O) groups excluding carboxylic acids is 8. The quantitative estimate of drug-likeness (QED) is 0.0217. The molecule has 0 fully saturated rings. The highest BCUT2D eigenvalue weighted by atomic mass is 36.0. The zero-order valence-corrected chi connectivity index (χ0v) is 70.3. The van der Waals surface area contributed by atoms with E-state index in [4.69, 9.17) is 55.0 Å². The van der Waals surface area contributed by atoms with Crippen molar-refractivity contribution in [1.82, 2.24) is 19.9 Å². The number of ether oxygens (including phenoxy) is 4. The van der Waals surface area contributed by atoms with Crippen LogP contribution >= 0.6 is 125 Å². The first-order chi connectivity index (χ1) is 50.4. The van der Waals surface area contributed by atoms with Crippen LogP contribution in [0.25, 0.3) is 0 Å². The number of nitrogens with one attached hydrogen (secondary N) is 3. The number of aliphatic hydroxyl groups excluding tert-OH is 1. The molecule has 4 heterocycles. The van der Waals surface area contributed by atoms with Gasteiger partial charge < -0.3 is 34.9 Å². The van der Waals surface area contributed by atoms with Gasteiger partial charge in [-0.15, -0.1) is 92.1 Å². The van der Waals surface area contributed by atoms with E-state index in [2.05, 4.69) is 76.2 Å². The fourth-order valence-electron chi connectivity index (χ4n) is 5.18. The Kier molecular flexibility index (Phi) is 66.4. The molecule has 0 bridgehead atoms. The number of hydrogen-bond donors (Lipinski definition) is 6. The number of methoxy groups -OCH3 is 4. The Balaban J connectivity index is -0.000000371. The van der Waals surface area contributed by atoms with Crippen molar-refractivity contribution in [3.63, 3.8) is 0 Å². The molecule has 5 aromatic carbocycles. The smallest absolute Gasteiger partial charge is 0.335 e. The van der Waals surface area contributed by atoms with E-state index in [0.29, 0.717) is 38.1 Å². The van der Waals surface area contributed by atoms with Gasteiger partial charge in [-0.3, -0.25) is 54.3 Å². The molecule has 0 spiro atoms. The maximum absolute atomic E-state index is 11.8. The molecule has 594 valence electrons. The Labute approximate surface area is 678 Å². The van der Waals surface area contributed by atoms with Crippen LogP contribution < -0.4 is 21.7 Å². The number of benzene rings is 5. The lowest BCUT2D eigenvalue weighted by molar-refractivity contribution is -0.138. The highest BCUT2D eigenvalue weighted by Gasteiger charge is 2.16. The van der Waals surface area contributed by atoms with Crippen molar-refractivity contribution >= 4 is 227 Å². The normalized spacial score (nSPS) is 9.22. The predicted molar refractivity (Wildman–Crippen MR) is 438 cm³/mol. The van der Waals surface area contributed by atoms with Crippen LogP contribution in [0.4, 0.5) is 20.5 Å². The molecule has 0 unspecified atom stereocenters. The number of nitrogens with two attached hydrogens (primary N) is 1. The van der Waals surface area contributed by atoms with Crippen molar-refractivity contribution in [3.05, 3.63) is 201 Å². The number of thioether (sulfide) groups is 2. The number of thiazole rings is 4. The SMILES string of the molecule is C.CO.COC(C)=O.COC(C)=O.COC(C)=O.COC(C)=O.CS(=O)(=O)c1csc(NC(=O)c2ccccc2)n1.CS(=O)(=O)c1csc(NC(=O)c2ccccc2)n1.CSc1csc(N)n1.CSc1csc(NC(=O)c2ccccc2)n1.ClCCl.O=C(Cl)c1ccccc1.O=C(O)c1ccccc1.O=S(Cl)Cl. The summed E-state index contributed by atoms with van der Waals surface area (Å²) in [5.74, 6) is -2.61. The lowest BCUT2D eigenvalue weighted by atomic mass is 10.2. The number of amides is 3. The second kappa shape index (κ2) is 66.0. The summed E-state index contributed by atoms with van der Waals surface area (Å²) in [5.41, 5.74) is 7.85. The minimum absolute atomic E-state index is 0. The first-order valence-corrected chi connectivity index (χ1v) is 42.6. The van der Waals surface area contributed by atoms with Gasteiger partial charge in [0.1, 0.15) is 10.1 Å². The summed E-state index contributed by atoms with van der Waals surface area (Å²) in [6, 6.07) is 43.4. The Hall–Kier alpha value is -7.99. The molecule has 7 N–H and O–H groups in total. The molecule has 0 atom stereocenters. The average Bonchev–Trinajstić information content (AvgIpc) is 1.74. The molecule has 9 aromatic rings. The van der Waals surface area contributed by atoms with Gasteiger partial charge in [-0.1, -0.05) is 111 Å². The highest BCUT2D eigenvalue weighted by Crippen LogP contribution is 2.24. The molecular weight excluding hydrogens is 1690 g/mol. The third kappa shape index (κ3) is 60.0. The third-order valence-electron chi connectivity index (χ3n) is 10.1. The molecule has 108 heavy (non-hydrogen) atoms. The van der Waals surface area contributed by atoms with Crippen LogP contribution in [0.1, 0.15) is 86.9 Å². The summed E-state index contributed by atoms with van der Waals surface area (Å²) in [4.78, 5) is 110. The lowest BCUT2D eigenvalue weighted by Crippen LogP contribution is -2.11. The number of rotatable bonds is 12. The number of nitrogen functional groups attached to an aromatic ring is 1. The van der Waals surface area contributed by atoms with Crippen LogP contribution in [0.15, 0.2) is 193 Å². The number of aromatic nitrogens is 4. The highest BCUT2D eigenvalue weighted by molar-refractivity contribution is 8.26. The lowest BCUT2D eigenvalue weighted by Gasteiger charge is -2.00. The van der Waals surface area contributed by atoms with Gasteiger partial charge in [0.25, 0.3) is 23.0 Å². The van der Waals surface area contributed by atoms with Gasteiger partial charge >= 0.3 is 29.8 Å². The molecule has 0 saturated heterocycles. The van der Waals surface area contributed by atoms with Crippen molar-refractivity contribution in [2.75, 3.05) is 87.6 Å². The fourth-order valence-corrected chi connectivity index (χ4v) is 11.3. The molecule has 0 radical (unpaired) electrons. The van der Waals surface area contributed by atoms with Gasteiger partial charge in [0, 0.05) is 112 Å². The van der Waals surface area contributed by atoms with Crippen LogP contribution in [0.2, 0.25) is 0 Å². The van der Waals surface area contributed by atoms with E-state index in [1.54, 1.807) is 139 Å². The molecule has 28 nitrogen and oxygen atoms in total. The Morgan fingerprint density at radius 1 is 0.463 bits per heavy atom. The summed E-state index contributed by atoms with van der Waals surface area (Å²) >= 11 is 22.9. The number of nitrogens with zero attached hydrogens (tertiary/aromatic N) is 4. The topological polar surface area (TPSA) is 430 Å². The number of aromatic carboxylic acids is 1. The first-order valence-electron chi connectivity index (χ1n) is 28.6. The van der Waals surface area contributed by atoms with Crippen molar-refractivity contribution in [1.29, 1.82) is 0 Å². The van der Waals surface area contributed by atoms with Gasteiger partial charge in [0.05, 0.1) is 39.3 Å². The maximum atomic E-state index is 11.8. The summed E-state index contributed by atoms with van der Waals surface area (Å²) in [5, 5.41) is 33.4. The standard InChI is InChI=1S/2C11H10N2O3S2.C11H10N2OS2.C7H5ClO.C7H6O2.C4H6N2S2.4C3H6O2.CH2Cl2.CH4O.CH4.Cl2OS/c2*1-18(15,16)9-7-17-11(12-9)13-10(14)8-5-3-2-4-6-8;1-15-9-7-16-11(12-9)13-10(14)8-5-3-2-4-6-8;2*8-7(9)6-4-2-1-3-5-6;1-7-3-2-8-4(5)6-3;4*1-3(4)5-2;2-1-3;1-2;;1-4(2)3/h2*2-7H,1H3,(H,12,13,14);2-7H,1H3,(H,12,13,14);1-5H;1-5H,(H,8,9);2H,1H3,(H2,5,6);4*1-2H3;1H2;2H,1H3;1H4;. The summed E-state index contributed by atoms with van der Waals surface area (Å²) in [7, 11) is 7.09. The Morgan fingerprint density at radius 2 is 0.685 bits per heavy atom. The number of alkyl halides is 2. The fraction of sp³-hybridized carbons (Fsp3) is 0.227. The van der Waals surface area contributed by atoms with Crippen molar-refractivity contribution in [2.45, 2.75) is 55.2 Å². The number of aliphatic hydroxyl groups is 1. The molecule has 0 aliphatic rings. The first kappa shape index (κ1) is 109. The van der Waals surface area contributed by atoms with Crippen molar-refractivity contribution in [2.24, 2.45) is 0 Å². The monoisotopic (exact) mass is 1770 g/mol. The van der Waals surface area contributed by atoms with Crippen molar-refractivity contribution in [3.8, 4) is 0 Å². The average molecular weight is 1770 g/mol. The Morgan fingerprint density at radius 3 is 0.852 bits per heavy atom. The second-order valence-corrected chi connectivity index (χ2v) is 30.5. The largest absolute Gasteiger partial charge is 0.478 e. The van der Waals surface area contributed by atoms with E-state index in [-0.39, 0.29) is 74.7 Å². The van der Waals surface area contributed by atoms with E-state index >= 15 is 0 Å². The minimum Gasteiger partial charge on any atom is -0.478 e. The number of halogens is 5. The number of esters is 4. The van der Waals surface area contributed by atoms with Crippen LogP contribution in [-0.4, -0.2) is 170 Å². The maximum Gasteiger partial charge on any atom is 0.335 e. The molecule has 3 amide bonds. The van der Waals surface area contributed by atoms with Crippen molar-refractivity contribution < 1.29 is 93.4 Å². The van der Waals surface area contributed by atoms with E-state index in [1.165, 1.54) is 89.6 Å². The summed E-state index contributed by atoms with van der Waals surface area (Å²) in [6.45, 7) is 5.44.